The smallest absolute Gasteiger partial charge is 0.280 e. The van der Waals surface area contributed by atoms with Crippen molar-refractivity contribution in [1.29, 1.82) is 0 Å². The third kappa shape index (κ3) is 2.62. The van der Waals surface area contributed by atoms with Crippen LogP contribution in [0.2, 0.25) is 0 Å². The topological polar surface area (TPSA) is 56.3 Å². The Labute approximate surface area is 106 Å². The van der Waals surface area contributed by atoms with Crippen LogP contribution in [0.1, 0.15) is 11.3 Å². The van der Waals surface area contributed by atoms with Crippen LogP contribution in [-0.4, -0.2) is 4.92 Å². The van der Waals surface area contributed by atoms with E-state index in [2.05, 4.69) is 15.9 Å². The summed E-state index contributed by atoms with van der Waals surface area (Å²) < 4.78 is 5.83. The van der Waals surface area contributed by atoms with Gasteiger partial charge in [0.2, 0.25) is 0 Å². The molecule has 1 aromatic heterocycles. The van der Waals surface area contributed by atoms with Gasteiger partial charge in [0, 0.05) is 0 Å². The van der Waals surface area contributed by atoms with Crippen molar-refractivity contribution in [2.45, 2.75) is 0 Å². The highest BCUT2D eigenvalue weighted by atomic mass is 79.9. The Kier molecular flexibility index (Phi) is 3.39. The molecular weight excluding hydrogens is 286 g/mol. The highest BCUT2D eigenvalue weighted by Gasteiger charge is 2.15. The maximum Gasteiger partial charge on any atom is 0.280 e. The second kappa shape index (κ2) is 4.97. The van der Waals surface area contributed by atoms with Gasteiger partial charge in [-0.2, -0.15) is 0 Å². The van der Waals surface area contributed by atoms with Crippen LogP contribution in [0.25, 0.3) is 11.8 Å². The lowest BCUT2D eigenvalue weighted by molar-refractivity contribution is -0.374. The summed E-state index contributed by atoms with van der Waals surface area (Å²) in [5, 5.41) is 11.0. The molecular formula is C12H8BrNO3. The predicted octanol–water partition coefficient (Wildman–Crippen LogP) is 3.82. The van der Waals surface area contributed by atoms with Gasteiger partial charge < -0.3 is 4.42 Å². The molecule has 2 rings (SSSR count). The molecule has 0 aliphatic rings. The van der Waals surface area contributed by atoms with Crippen LogP contribution in [0.5, 0.6) is 0 Å². The third-order valence-electron chi connectivity index (χ3n) is 2.18. The van der Waals surface area contributed by atoms with E-state index in [1.165, 1.54) is 12.3 Å². The maximum absolute atomic E-state index is 11.0. The van der Waals surface area contributed by atoms with E-state index in [9.17, 15) is 10.1 Å². The van der Waals surface area contributed by atoms with E-state index in [1.807, 2.05) is 6.07 Å². The number of benzene rings is 1. The molecule has 4 nitrogen and oxygen atoms in total. The van der Waals surface area contributed by atoms with E-state index in [0.29, 0.717) is 15.8 Å². The minimum Gasteiger partial charge on any atom is -0.464 e. The van der Waals surface area contributed by atoms with Crippen LogP contribution < -0.4 is 0 Å². The fraction of sp³-hybridized carbons (Fsp3) is 0. The fourth-order valence-electron chi connectivity index (χ4n) is 1.38. The largest absolute Gasteiger partial charge is 0.464 e. The van der Waals surface area contributed by atoms with Crippen LogP contribution in [0.3, 0.4) is 0 Å². The summed E-state index contributed by atoms with van der Waals surface area (Å²) in [6.07, 6.45) is 2.87. The summed E-state index contributed by atoms with van der Waals surface area (Å²) in [4.78, 5) is 10.6. The molecule has 0 radical (unpaired) electrons. The number of hydrogen-bond acceptors (Lipinski definition) is 3. The van der Waals surface area contributed by atoms with E-state index in [0.717, 1.165) is 0 Å². The lowest BCUT2D eigenvalue weighted by atomic mass is 10.1. The normalized spacial score (nSPS) is 11.5. The summed E-state index contributed by atoms with van der Waals surface area (Å²) in [5.74, 6) is 0.431. The Morgan fingerprint density at radius 2 is 2.00 bits per heavy atom. The summed E-state index contributed by atoms with van der Waals surface area (Å²) >= 11 is 3.26. The van der Waals surface area contributed by atoms with Crippen molar-refractivity contribution >= 4 is 27.7 Å². The standard InChI is InChI=1S/C12H8BrNO3/c13-10-6-7-17-12(10)8-11(14(15)16)9-4-2-1-3-5-9/h1-8H/b11-8+. The highest BCUT2D eigenvalue weighted by Crippen LogP contribution is 2.24. The van der Waals surface area contributed by atoms with Gasteiger partial charge in [-0.25, -0.2) is 0 Å². The van der Waals surface area contributed by atoms with Gasteiger partial charge in [-0.3, -0.25) is 10.1 Å². The molecule has 5 heteroatoms. The molecule has 0 saturated heterocycles. The van der Waals surface area contributed by atoms with Gasteiger partial charge in [0.25, 0.3) is 5.70 Å². The molecule has 0 spiro atoms. The SMILES string of the molecule is O=[N+]([O-])/C(=C/c1occc1Br)c1ccccc1. The quantitative estimate of drug-likeness (QED) is 0.638. The average molecular weight is 294 g/mol. The molecule has 0 aliphatic heterocycles. The van der Waals surface area contributed by atoms with Crippen molar-refractivity contribution in [2.75, 3.05) is 0 Å². The van der Waals surface area contributed by atoms with Crippen molar-refractivity contribution in [2.24, 2.45) is 0 Å². The van der Waals surface area contributed by atoms with Gasteiger partial charge in [-0.05, 0) is 34.1 Å². The van der Waals surface area contributed by atoms with Crippen LogP contribution in [0, 0.1) is 10.1 Å². The molecule has 0 amide bonds. The molecule has 0 bridgehead atoms. The van der Waals surface area contributed by atoms with Crippen LogP contribution in [-0.2, 0) is 0 Å². The summed E-state index contributed by atoms with van der Waals surface area (Å²) in [6, 6.07) is 10.4. The van der Waals surface area contributed by atoms with Gasteiger partial charge in [0.15, 0.2) is 0 Å². The Morgan fingerprint density at radius 3 is 2.53 bits per heavy atom. The zero-order valence-corrected chi connectivity index (χ0v) is 10.3. The van der Waals surface area contributed by atoms with Crippen LogP contribution in [0.15, 0.2) is 51.6 Å². The van der Waals surface area contributed by atoms with E-state index in [1.54, 1.807) is 30.3 Å². The molecule has 0 unspecified atom stereocenters. The zero-order valence-electron chi connectivity index (χ0n) is 8.67. The van der Waals surface area contributed by atoms with Crippen molar-refractivity contribution in [3.8, 4) is 0 Å². The minimum absolute atomic E-state index is 0.00116. The third-order valence-corrected chi connectivity index (χ3v) is 2.83. The second-order valence-electron chi connectivity index (χ2n) is 3.29. The van der Waals surface area contributed by atoms with Gasteiger partial charge >= 0.3 is 0 Å². The van der Waals surface area contributed by atoms with E-state index >= 15 is 0 Å². The molecule has 2 aromatic rings. The fourth-order valence-corrected chi connectivity index (χ4v) is 1.70. The first-order valence-electron chi connectivity index (χ1n) is 4.83. The van der Waals surface area contributed by atoms with Crippen LogP contribution in [0.4, 0.5) is 0 Å². The molecule has 0 saturated carbocycles. The van der Waals surface area contributed by atoms with E-state index < -0.39 is 4.92 Å². The van der Waals surface area contributed by atoms with E-state index in [4.69, 9.17) is 4.42 Å². The van der Waals surface area contributed by atoms with Gasteiger partial charge in [0.1, 0.15) is 5.76 Å². The van der Waals surface area contributed by atoms with Gasteiger partial charge in [0.05, 0.1) is 27.3 Å². The number of furan rings is 1. The molecule has 86 valence electrons. The Balaban J connectivity index is 2.47. The maximum atomic E-state index is 11.0. The average Bonchev–Trinajstić information content (AvgIpc) is 2.72. The Bertz CT molecular complexity index is 560. The first kappa shape index (κ1) is 11.6. The molecule has 1 heterocycles. The molecule has 1 aromatic carbocycles. The minimum atomic E-state index is -0.426. The second-order valence-corrected chi connectivity index (χ2v) is 4.14. The lowest BCUT2D eigenvalue weighted by Gasteiger charge is -1.97. The highest BCUT2D eigenvalue weighted by molar-refractivity contribution is 9.10. The monoisotopic (exact) mass is 293 g/mol. The van der Waals surface area contributed by atoms with E-state index in [-0.39, 0.29) is 5.70 Å². The lowest BCUT2D eigenvalue weighted by Crippen LogP contribution is -1.97. The first-order chi connectivity index (χ1) is 8.18. The van der Waals surface area contributed by atoms with Gasteiger partial charge in [-0.1, -0.05) is 18.2 Å². The molecule has 0 N–H and O–H groups in total. The summed E-state index contributed by atoms with van der Waals surface area (Å²) in [7, 11) is 0. The first-order valence-corrected chi connectivity index (χ1v) is 5.62. The van der Waals surface area contributed by atoms with Crippen LogP contribution >= 0.6 is 15.9 Å². The zero-order chi connectivity index (χ0) is 12.3. The Morgan fingerprint density at radius 1 is 1.29 bits per heavy atom. The number of halogens is 1. The molecule has 17 heavy (non-hydrogen) atoms. The number of nitrogens with zero attached hydrogens (tertiary/aromatic N) is 1. The summed E-state index contributed by atoms with van der Waals surface area (Å²) in [6.45, 7) is 0. The number of nitro groups is 1. The molecule has 0 fully saturated rings. The molecule has 0 aliphatic carbocycles. The summed E-state index contributed by atoms with van der Waals surface area (Å²) in [5.41, 5.74) is 0.544. The van der Waals surface area contributed by atoms with Crippen molar-refractivity contribution < 1.29 is 9.34 Å². The van der Waals surface area contributed by atoms with Crippen molar-refractivity contribution in [1.82, 2.24) is 0 Å². The Hall–Kier alpha value is -1.88. The molecule has 0 atom stereocenters. The van der Waals surface area contributed by atoms with Crippen molar-refractivity contribution in [3.05, 3.63) is 68.6 Å². The van der Waals surface area contributed by atoms with Gasteiger partial charge in [-0.15, -0.1) is 0 Å². The number of rotatable bonds is 3. The number of hydrogen-bond donors (Lipinski definition) is 0. The predicted molar refractivity (Wildman–Crippen MR) is 67.7 cm³/mol. The van der Waals surface area contributed by atoms with Crippen molar-refractivity contribution in [3.63, 3.8) is 0 Å².